The minimum atomic E-state index is -1.18. The zero-order valence-corrected chi connectivity index (χ0v) is 18.2. The number of fused-ring (bicyclic) bond motifs is 2. The SMILES string of the molecule is O[C@@H]1[C@H](O)[C@H](n2cnc3c(NC4CCOC4)ncnc32)O[C@@H]1COc1cccc2cnccc12. The number of pyridine rings is 1. The Morgan fingerprint density at radius 1 is 1.15 bits per heavy atom. The van der Waals surface area contributed by atoms with E-state index in [-0.39, 0.29) is 12.6 Å². The summed E-state index contributed by atoms with van der Waals surface area (Å²) in [5.41, 5.74) is 1.06. The van der Waals surface area contributed by atoms with Gasteiger partial charge in [0.25, 0.3) is 0 Å². The summed E-state index contributed by atoms with van der Waals surface area (Å²) in [6.45, 7) is 1.38. The van der Waals surface area contributed by atoms with Gasteiger partial charge in [-0.3, -0.25) is 9.55 Å². The molecule has 0 saturated carbocycles. The van der Waals surface area contributed by atoms with Gasteiger partial charge in [-0.2, -0.15) is 0 Å². The molecule has 2 saturated heterocycles. The van der Waals surface area contributed by atoms with E-state index in [1.807, 2.05) is 24.3 Å². The van der Waals surface area contributed by atoms with Gasteiger partial charge in [0.2, 0.25) is 0 Å². The quantitative estimate of drug-likeness (QED) is 0.383. The lowest BCUT2D eigenvalue weighted by Gasteiger charge is -2.17. The van der Waals surface area contributed by atoms with E-state index in [1.54, 1.807) is 17.0 Å². The van der Waals surface area contributed by atoms with Gasteiger partial charge in [0.05, 0.1) is 19.0 Å². The molecule has 1 aromatic carbocycles. The maximum atomic E-state index is 10.8. The number of aliphatic hydroxyl groups excluding tert-OH is 2. The summed E-state index contributed by atoms with van der Waals surface area (Å²) >= 11 is 0. The van der Waals surface area contributed by atoms with E-state index in [0.29, 0.717) is 35.9 Å². The molecule has 4 aromatic rings. The number of nitrogens with one attached hydrogen (secondary N) is 1. The van der Waals surface area contributed by atoms with Crippen molar-refractivity contribution in [1.82, 2.24) is 24.5 Å². The first-order valence-corrected chi connectivity index (χ1v) is 11.2. The Labute approximate surface area is 194 Å². The molecule has 176 valence electrons. The number of hydrogen-bond acceptors (Lipinski definition) is 10. The molecule has 5 heterocycles. The van der Waals surface area contributed by atoms with E-state index < -0.39 is 24.5 Å². The van der Waals surface area contributed by atoms with Crippen molar-refractivity contribution in [2.75, 3.05) is 25.1 Å². The number of rotatable bonds is 6. The summed E-state index contributed by atoms with van der Waals surface area (Å²) < 4.78 is 19.0. The number of nitrogens with zero attached hydrogens (tertiary/aromatic N) is 5. The van der Waals surface area contributed by atoms with E-state index >= 15 is 0 Å². The highest BCUT2D eigenvalue weighted by Gasteiger charge is 2.44. The van der Waals surface area contributed by atoms with Crippen molar-refractivity contribution in [2.45, 2.75) is 37.0 Å². The fraction of sp³-hybridized carbons (Fsp3) is 0.391. The summed E-state index contributed by atoms with van der Waals surface area (Å²) in [6, 6.07) is 7.70. The Balaban J connectivity index is 1.21. The fourth-order valence-corrected chi connectivity index (χ4v) is 4.47. The third-order valence-electron chi connectivity index (χ3n) is 6.28. The highest BCUT2D eigenvalue weighted by molar-refractivity contribution is 5.87. The molecule has 2 fully saturated rings. The number of aromatic nitrogens is 5. The van der Waals surface area contributed by atoms with Crippen LogP contribution in [0.1, 0.15) is 12.6 Å². The lowest BCUT2D eigenvalue weighted by molar-refractivity contribution is -0.0473. The summed E-state index contributed by atoms with van der Waals surface area (Å²) in [4.78, 5) is 17.2. The molecule has 2 aliphatic heterocycles. The third-order valence-corrected chi connectivity index (χ3v) is 6.28. The van der Waals surface area contributed by atoms with Crippen LogP contribution in [0.4, 0.5) is 5.82 Å². The maximum absolute atomic E-state index is 10.8. The van der Waals surface area contributed by atoms with Gasteiger partial charge in [-0.1, -0.05) is 12.1 Å². The molecule has 6 rings (SSSR count). The highest BCUT2D eigenvalue weighted by Crippen LogP contribution is 2.33. The summed E-state index contributed by atoms with van der Waals surface area (Å²) in [5.74, 6) is 1.25. The molecular formula is C23H24N6O5. The van der Waals surface area contributed by atoms with E-state index in [2.05, 4.69) is 25.3 Å². The third kappa shape index (κ3) is 3.72. The Morgan fingerprint density at radius 2 is 2.09 bits per heavy atom. The van der Waals surface area contributed by atoms with Crippen molar-refractivity contribution in [3.8, 4) is 5.75 Å². The fourth-order valence-electron chi connectivity index (χ4n) is 4.47. The smallest absolute Gasteiger partial charge is 0.167 e. The molecule has 2 aliphatic rings. The molecule has 0 aliphatic carbocycles. The van der Waals surface area contributed by atoms with Crippen LogP contribution in [0, 0.1) is 0 Å². The number of hydrogen-bond donors (Lipinski definition) is 3. The van der Waals surface area contributed by atoms with Gasteiger partial charge in [0.1, 0.15) is 37.0 Å². The minimum absolute atomic E-state index is 0.0618. The lowest BCUT2D eigenvalue weighted by Crippen LogP contribution is -2.34. The van der Waals surface area contributed by atoms with Gasteiger partial charge in [0, 0.05) is 29.8 Å². The van der Waals surface area contributed by atoms with Crippen LogP contribution in [0.2, 0.25) is 0 Å². The monoisotopic (exact) mass is 464 g/mol. The van der Waals surface area contributed by atoms with Crippen LogP contribution in [0.5, 0.6) is 5.75 Å². The molecule has 0 bridgehead atoms. The van der Waals surface area contributed by atoms with Gasteiger partial charge in [0.15, 0.2) is 23.2 Å². The summed E-state index contributed by atoms with van der Waals surface area (Å²) in [5, 5.41) is 26.6. The lowest BCUT2D eigenvalue weighted by atomic mass is 10.1. The molecule has 0 spiro atoms. The molecule has 3 N–H and O–H groups in total. The molecule has 3 aromatic heterocycles. The average molecular weight is 464 g/mol. The number of benzene rings is 1. The molecule has 1 unspecified atom stereocenters. The van der Waals surface area contributed by atoms with Crippen LogP contribution in [0.15, 0.2) is 49.3 Å². The van der Waals surface area contributed by atoms with Gasteiger partial charge >= 0.3 is 0 Å². The van der Waals surface area contributed by atoms with Gasteiger partial charge in [-0.05, 0) is 18.6 Å². The molecular weight excluding hydrogens is 440 g/mol. The van der Waals surface area contributed by atoms with E-state index in [4.69, 9.17) is 14.2 Å². The molecule has 11 nitrogen and oxygen atoms in total. The maximum Gasteiger partial charge on any atom is 0.167 e. The topological polar surface area (TPSA) is 137 Å². The van der Waals surface area contributed by atoms with Gasteiger partial charge < -0.3 is 29.7 Å². The molecule has 11 heteroatoms. The second-order valence-electron chi connectivity index (χ2n) is 8.46. The zero-order valence-electron chi connectivity index (χ0n) is 18.2. The first-order chi connectivity index (χ1) is 16.7. The predicted molar refractivity (Wildman–Crippen MR) is 121 cm³/mol. The van der Waals surface area contributed by atoms with Crippen LogP contribution in [0.3, 0.4) is 0 Å². The molecule has 0 radical (unpaired) electrons. The minimum Gasteiger partial charge on any atom is -0.490 e. The Kier molecular flexibility index (Phi) is 5.46. The van der Waals surface area contributed by atoms with Crippen molar-refractivity contribution < 1.29 is 24.4 Å². The van der Waals surface area contributed by atoms with Crippen LogP contribution >= 0.6 is 0 Å². The van der Waals surface area contributed by atoms with Crippen molar-refractivity contribution in [2.24, 2.45) is 0 Å². The largest absolute Gasteiger partial charge is 0.490 e. The van der Waals surface area contributed by atoms with Crippen LogP contribution in [-0.2, 0) is 9.47 Å². The van der Waals surface area contributed by atoms with E-state index in [0.717, 1.165) is 17.2 Å². The number of ether oxygens (including phenoxy) is 3. The van der Waals surface area contributed by atoms with Crippen LogP contribution < -0.4 is 10.1 Å². The van der Waals surface area contributed by atoms with Crippen molar-refractivity contribution in [3.05, 3.63) is 49.3 Å². The predicted octanol–water partition coefficient (Wildman–Crippen LogP) is 1.27. The molecule has 34 heavy (non-hydrogen) atoms. The first kappa shape index (κ1) is 21.2. The normalized spacial score (nSPS) is 26.9. The zero-order chi connectivity index (χ0) is 23.1. The molecule has 0 amide bonds. The second-order valence-corrected chi connectivity index (χ2v) is 8.46. The van der Waals surface area contributed by atoms with E-state index in [1.165, 1.54) is 12.7 Å². The van der Waals surface area contributed by atoms with Gasteiger partial charge in [-0.25, -0.2) is 15.0 Å². The van der Waals surface area contributed by atoms with E-state index in [9.17, 15) is 10.2 Å². The highest BCUT2D eigenvalue weighted by atomic mass is 16.6. The van der Waals surface area contributed by atoms with Crippen molar-refractivity contribution in [3.63, 3.8) is 0 Å². The second kappa shape index (κ2) is 8.76. The Morgan fingerprint density at radius 3 is 2.97 bits per heavy atom. The standard InChI is InChI=1S/C23H24N6O5/c30-19-17(10-33-16-3-1-2-13-8-24-6-4-15(13)16)34-23(20(19)31)29-12-27-18-21(25-11-26-22(18)29)28-14-5-7-32-9-14/h1-4,6,8,11-12,14,17,19-20,23,30-31H,5,7,9-10H2,(H,25,26,28)/t14?,17-,19+,20+,23-/m1/s1. The van der Waals surface area contributed by atoms with Crippen LogP contribution in [-0.4, -0.2) is 78.9 Å². The van der Waals surface area contributed by atoms with Crippen LogP contribution in [0.25, 0.3) is 21.9 Å². The molecule has 5 atom stereocenters. The van der Waals surface area contributed by atoms with Gasteiger partial charge in [-0.15, -0.1) is 0 Å². The van der Waals surface area contributed by atoms with Crippen molar-refractivity contribution in [1.29, 1.82) is 0 Å². The first-order valence-electron chi connectivity index (χ1n) is 11.2. The Hall–Kier alpha value is -3.38. The Bertz CT molecular complexity index is 1300. The summed E-state index contributed by atoms with van der Waals surface area (Å²) in [7, 11) is 0. The number of aliphatic hydroxyl groups is 2. The average Bonchev–Trinajstić information content (AvgIpc) is 3.59. The number of anilines is 1. The van der Waals surface area contributed by atoms with Crippen molar-refractivity contribution >= 4 is 27.8 Å². The number of imidazole rings is 1. The summed E-state index contributed by atoms with van der Waals surface area (Å²) in [6.07, 6.45) is 3.38.